The van der Waals surface area contributed by atoms with Gasteiger partial charge in [-0.1, -0.05) is 48.5 Å². The van der Waals surface area contributed by atoms with E-state index in [9.17, 15) is 14.4 Å². The lowest BCUT2D eigenvalue weighted by Gasteiger charge is -2.16. The van der Waals surface area contributed by atoms with Gasteiger partial charge in [0.15, 0.2) is 0 Å². The van der Waals surface area contributed by atoms with Gasteiger partial charge in [-0.3, -0.25) is 14.6 Å². The van der Waals surface area contributed by atoms with Crippen molar-refractivity contribution in [2.45, 2.75) is 44.6 Å². The maximum Gasteiger partial charge on any atom is 0.376 e. The standard InChI is InChI=1S/C29H33N3O4/c1-36-29(35)28(34)26(20-23-15-18-31-19-16-23)32-27(33)14-9-22-7-12-25(13-8-22)24-10-5-21(6-11-24)4-2-3-17-30/h5-8,10-13,15-16,18-19,26H,2-4,9,14,17,20,30H2,1H3,(H,32,33)/t26-/m0/s1. The molecule has 7 nitrogen and oxygen atoms in total. The van der Waals surface area contributed by atoms with Crippen molar-refractivity contribution in [2.24, 2.45) is 5.73 Å². The molecule has 0 bridgehead atoms. The Morgan fingerprint density at radius 2 is 1.42 bits per heavy atom. The summed E-state index contributed by atoms with van der Waals surface area (Å²) in [6, 6.07) is 19.1. The van der Waals surface area contributed by atoms with Crippen molar-refractivity contribution in [1.82, 2.24) is 10.3 Å². The van der Waals surface area contributed by atoms with Crippen molar-refractivity contribution >= 4 is 17.7 Å². The van der Waals surface area contributed by atoms with Gasteiger partial charge in [-0.05, 0) is 72.2 Å². The van der Waals surface area contributed by atoms with E-state index in [1.807, 2.05) is 24.3 Å². The summed E-state index contributed by atoms with van der Waals surface area (Å²) in [7, 11) is 1.15. The molecule has 0 saturated heterocycles. The molecule has 0 fully saturated rings. The van der Waals surface area contributed by atoms with Crippen LogP contribution in [0.25, 0.3) is 11.1 Å². The minimum atomic E-state index is -0.993. The zero-order valence-corrected chi connectivity index (χ0v) is 20.6. The van der Waals surface area contributed by atoms with E-state index < -0.39 is 17.8 Å². The normalized spacial score (nSPS) is 11.5. The SMILES string of the molecule is COC(=O)C(=O)[C@H](Cc1ccncc1)NC(=O)CCc1ccc(-c2ccc(CCCCN)cc2)cc1. The van der Waals surface area contributed by atoms with E-state index in [4.69, 9.17) is 5.73 Å². The number of pyridine rings is 1. The molecular formula is C29H33N3O4. The molecule has 0 spiro atoms. The third-order valence-electron chi connectivity index (χ3n) is 6.03. The molecule has 1 amide bonds. The maximum absolute atomic E-state index is 12.6. The highest BCUT2D eigenvalue weighted by atomic mass is 16.5. The molecule has 0 saturated carbocycles. The van der Waals surface area contributed by atoms with Crippen molar-refractivity contribution in [3.05, 3.63) is 89.7 Å². The number of hydrogen-bond donors (Lipinski definition) is 2. The number of methoxy groups -OCH3 is 1. The topological polar surface area (TPSA) is 111 Å². The van der Waals surface area contributed by atoms with E-state index in [2.05, 4.69) is 39.3 Å². The first-order chi connectivity index (χ1) is 17.5. The van der Waals surface area contributed by atoms with Crippen molar-refractivity contribution in [3.8, 4) is 11.1 Å². The predicted molar refractivity (Wildman–Crippen MR) is 139 cm³/mol. The van der Waals surface area contributed by atoms with Crippen molar-refractivity contribution in [2.75, 3.05) is 13.7 Å². The van der Waals surface area contributed by atoms with Gasteiger partial charge in [0.1, 0.15) is 6.04 Å². The van der Waals surface area contributed by atoms with Gasteiger partial charge in [0.05, 0.1) is 7.11 Å². The Morgan fingerprint density at radius 1 is 0.833 bits per heavy atom. The highest BCUT2D eigenvalue weighted by Crippen LogP contribution is 2.21. The zero-order valence-electron chi connectivity index (χ0n) is 20.6. The van der Waals surface area contributed by atoms with Crippen molar-refractivity contribution in [3.63, 3.8) is 0 Å². The number of carbonyl (C=O) groups is 3. The van der Waals surface area contributed by atoms with E-state index in [1.54, 1.807) is 24.5 Å². The largest absolute Gasteiger partial charge is 0.463 e. The van der Waals surface area contributed by atoms with E-state index >= 15 is 0 Å². The molecule has 0 aliphatic heterocycles. The van der Waals surface area contributed by atoms with Gasteiger partial charge in [-0.25, -0.2) is 4.79 Å². The van der Waals surface area contributed by atoms with Crippen LogP contribution in [0.1, 0.15) is 36.0 Å². The molecule has 3 rings (SSSR count). The number of carbonyl (C=O) groups excluding carboxylic acids is 3. The molecule has 1 atom stereocenters. The summed E-state index contributed by atoms with van der Waals surface area (Å²) in [5.41, 5.74) is 10.9. The average molecular weight is 488 g/mol. The second kappa shape index (κ2) is 13.9. The number of aryl methyl sites for hydroxylation is 2. The van der Waals surface area contributed by atoms with Gasteiger partial charge in [0.25, 0.3) is 5.78 Å². The van der Waals surface area contributed by atoms with E-state index in [0.29, 0.717) is 6.42 Å². The number of benzene rings is 2. The second-order valence-corrected chi connectivity index (χ2v) is 8.68. The smallest absolute Gasteiger partial charge is 0.376 e. The quantitative estimate of drug-likeness (QED) is 0.217. The number of ether oxygens (including phenoxy) is 1. The summed E-state index contributed by atoms with van der Waals surface area (Å²) >= 11 is 0. The van der Waals surface area contributed by atoms with Gasteiger partial charge in [0, 0.05) is 25.2 Å². The monoisotopic (exact) mass is 487 g/mol. The molecule has 1 heterocycles. The van der Waals surface area contributed by atoms with Crippen molar-refractivity contribution < 1.29 is 19.1 Å². The minimum absolute atomic E-state index is 0.183. The summed E-state index contributed by atoms with van der Waals surface area (Å²) in [6.07, 6.45) is 7.25. The van der Waals surface area contributed by atoms with Crippen LogP contribution in [0, 0.1) is 0 Å². The average Bonchev–Trinajstić information content (AvgIpc) is 2.92. The zero-order chi connectivity index (χ0) is 25.8. The van der Waals surface area contributed by atoms with Gasteiger partial charge in [-0.2, -0.15) is 0 Å². The summed E-state index contributed by atoms with van der Waals surface area (Å²) in [4.78, 5) is 40.8. The predicted octanol–water partition coefficient (Wildman–Crippen LogP) is 3.43. The van der Waals surface area contributed by atoms with E-state index in [-0.39, 0.29) is 18.7 Å². The maximum atomic E-state index is 12.6. The first-order valence-electron chi connectivity index (χ1n) is 12.2. The lowest BCUT2D eigenvalue weighted by Crippen LogP contribution is -2.45. The molecule has 0 radical (unpaired) electrons. The van der Waals surface area contributed by atoms with Crippen LogP contribution in [0.4, 0.5) is 0 Å². The summed E-state index contributed by atoms with van der Waals surface area (Å²) in [6.45, 7) is 0.726. The summed E-state index contributed by atoms with van der Waals surface area (Å²) < 4.78 is 4.56. The van der Waals surface area contributed by atoms with Crippen LogP contribution in [0.15, 0.2) is 73.1 Å². The van der Waals surface area contributed by atoms with Crippen molar-refractivity contribution in [1.29, 1.82) is 0 Å². The lowest BCUT2D eigenvalue weighted by atomic mass is 9.99. The van der Waals surface area contributed by atoms with Crippen LogP contribution < -0.4 is 11.1 Å². The first-order valence-corrected chi connectivity index (χ1v) is 12.2. The van der Waals surface area contributed by atoms with Crippen LogP contribution in [-0.4, -0.2) is 42.3 Å². The Balaban J connectivity index is 1.55. The lowest BCUT2D eigenvalue weighted by molar-refractivity contribution is -0.152. The molecular weight excluding hydrogens is 454 g/mol. The molecule has 7 heteroatoms. The minimum Gasteiger partial charge on any atom is -0.463 e. The van der Waals surface area contributed by atoms with Crippen LogP contribution in [0.3, 0.4) is 0 Å². The third kappa shape index (κ3) is 8.13. The van der Waals surface area contributed by atoms with Crippen LogP contribution in [0.5, 0.6) is 0 Å². The number of unbranched alkanes of at least 4 members (excludes halogenated alkanes) is 1. The number of nitrogens with two attached hydrogens (primary N) is 1. The Hall–Kier alpha value is -3.84. The van der Waals surface area contributed by atoms with Crippen LogP contribution in [-0.2, 0) is 38.4 Å². The Bertz CT molecular complexity index is 1130. The number of rotatable bonds is 13. The Kier molecular flexibility index (Phi) is 10.3. The second-order valence-electron chi connectivity index (χ2n) is 8.68. The van der Waals surface area contributed by atoms with Gasteiger partial charge in [0.2, 0.25) is 5.91 Å². The van der Waals surface area contributed by atoms with E-state index in [1.165, 1.54) is 5.56 Å². The Morgan fingerprint density at radius 3 is 1.97 bits per heavy atom. The molecule has 2 aromatic carbocycles. The van der Waals surface area contributed by atoms with Gasteiger partial charge in [-0.15, -0.1) is 0 Å². The molecule has 3 aromatic rings. The van der Waals surface area contributed by atoms with Gasteiger partial charge >= 0.3 is 5.97 Å². The molecule has 0 unspecified atom stereocenters. The number of ketones is 1. The van der Waals surface area contributed by atoms with Crippen LogP contribution >= 0.6 is 0 Å². The Labute approximate surface area is 212 Å². The number of hydrogen-bond acceptors (Lipinski definition) is 6. The molecule has 188 valence electrons. The number of nitrogens with one attached hydrogen (secondary N) is 1. The van der Waals surface area contributed by atoms with Crippen LogP contribution in [0.2, 0.25) is 0 Å². The number of esters is 1. The number of Topliss-reactive ketones (excluding diaryl/α,β-unsaturated/α-hetero) is 1. The first kappa shape index (κ1) is 26.8. The number of aromatic nitrogens is 1. The fourth-order valence-electron chi connectivity index (χ4n) is 3.93. The van der Waals surface area contributed by atoms with Gasteiger partial charge < -0.3 is 15.8 Å². The molecule has 36 heavy (non-hydrogen) atoms. The highest BCUT2D eigenvalue weighted by Gasteiger charge is 2.27. The number of nitrogens with zero attached hydrogens (tertiary/aromatic N) is 1. The molecule has 0 aliphatic carbocycles. The summed E-state index contributed by atoms with van der Waals surface area (Å²) in [5.74, 6) is -2.06. The fraction of sp³-hybridized carbons (Fsp3) is 0.310. The third-order valence-corrected chi connectivity index (χ3v) is 6.03. The molecule has 1 aromatic heterocycles. The van der Waals surface area contributed by atoms with E-state index in [0.717, 1.165) is 55.2 Å². The number of amides is 1. The fourth-order valence-corrected chi connectivity index (χ4v) is 3.93. The summed E-state index contributed by atoms with van der Waals surface area (Å²) in [5, 5.41) is 2.69. The molecule has 0 aliphatic rings. The highest BCUT2D eigenvalue weighted by molar-refractivity contribution is 6.36. The molecule has 3 N–H and O–H groups in total.